The number of carbonyl (C=O) groups excluding carboxylic acids is 1. The highest BCUT2D eigenvalue weighted by Gasteiger charge is 2.30. The third-order valence-electron chi connectivity index (χ3n) is 4.33. The molecule has 3 aromatic rings. The first-order valence-corrected chi connectivity index (χ1v) is 8.13. The molecule has 1 saturated heterocycles. The summed E-state index contributed by atoms with van der Waals surface area (Å²) in [5, 5.41) is 8.03. The predicted molar refractivity (Wildman–Crippen MR) is 86.3 cm³/mol. The largest absolute Gasteiger partial charge is 0.459 e. The van der Waals surface area contributed by atoms with E-state index in [-0.39, 0.29) is 23.3 Å². The van der Waals surface area contributed by atoms with Crippen molar-refractivity contribution in [1.82, 2.24) is 15.1 Å². The lowest BCUT2D eigenvalue weighted by Gasteiger charge is -2.30. The van der Waals surface area contributed by atoms with Crippen LogP contribution in [0.2, 0.25) is 0 Å². The lowest BCUT2D eigenvalue weighted by molar-refractivity contribution is 0.0666. The normalized spacial score (nSPS) is 17.6. The number of furan rings is 1. The van der Waals surface area contributed by atoms with Crippen molar-refractivity contribution in [2.75, 3.05) is 13.1 Å². The molecule has 3 heterocycles. The van der Waals surface area contributed by atoms with Gasteiger partial charge in [0, 0.05) is 13.1 Å². The fraction of sp³-hybridized carbons (Fsp3) is 0.278. The SMILES string of the molecule is O=C(c1ccco1)N1CCC[C@H](c2nnc(-c3ccccc3F)o2)C1. The molecule has 25 heavy (non-hydrogen) atoms. The van der Waals surface area contributed by atoms with E-state index >= 15 is 0 Å². The summed E-state index contributed by atoms with van der Waals surface area (Å²) < 4.78 is 24.7. The molecule has 4 rings (SSSR count). The number of piperidine rings is 1. The highest BCUT2D eigenvalue weighted by atomic mass is 19.1. The maximum absolute atomic E-state index is 13.9. The van der Waals surface area contributed by atoms with Gasteiger partial charge in [-0.2, -0.15) is 0 Å². The van der Waals surface area contributed by atoms with Crippen LogP contribution in [0.3, 0.4) is 0 Å². The highest BCUT2D eigenvalue weighted by Crippen LogP contribution is 2.29. The summed E-state index contributed by atoms with van der Waals surface area (Å²) in [4.78, 5) is 14.1. The van der Waals surface area contributed by atoms with Gasteiger partial charge in [0.15, 0.2) is 5.76 Å². The zero-order valence-electron chi connectivity index (χ0n) is 13.4. The summed E-state index contributed by atoms with van der Waals surface area (Å²) in [7, 11) is 0. The Morgan fingerprint density at radius 3 is 2.88 bits per heavy atom. The maximum atomic E-state index is 13.9. The molecule has 1 fully saturated rings. The van der Waals surface area contributed by atoms with Gasteiger partial charge in [-0.05, 0) is 37.1 Å². The van der Waals surface area contributed by atoms with Gasteiger partial charge in [0.2, 0.25) is 5.89 Å². The Morgan fingerprint density at radius 2 is 2.08 bits per heavy atom. The monoisotopic (exact) mass is 341 g/mol. The molecule has 7 heteroatoms. The molecule has 0 saturated carbocycles. The van der Waals surface area contributed by atoms with Crippen LogP contribution in [0.25, 0.3) is 11.5 Å². The number of nitrogens with zero attached hydrogens (tertiary/aromatic N) is 3. The molecule has 6 nitrogen and oxygen atoms in total. The second-order valence-electron chi connectivity index (χ2n) is 5.99. The Morgan fingerprint density at radius 1 is 1.20 bits per heavy atom. The smallest absolute Gasteiger partial charge is 0.289 e. The summed E-state index contributed by atoms with van der Waals surface area (Å²) in [6.45, 7) is 1.13. The molecule has 0 unspecified atom stereocenters. The summed E-state index contributed by atoms with van der Waals surface area (Å²) in [6.07, 6.45) is 3.14. The summed E-state index contributed by atoms with van der Waals surface area (Å²) in [5.74, 6) is 0.274. The van der Waals surface area contributed by atoms with E-state index < -0.39 is 5.82 Å². The van der Waals surface area contributed by atoms with E-state index in [4.69, 9.17) is 8.83 Å². The number of benzene rings is 1. The third kappa shape index (κ3) is 3.05. The van der Waals surface area contributed by atoms with E-state index in [2.05, 4.69) is 10.2 Å². The molecule has 1 aliphatic heterocycles. The van der Waals surface area contributed by atoms with Gasteiger partial charge in [-0.25, -0.2) is 4.39 Å². The van der Waals surface area contributed by atoms with Crippen molar-refractivity contribution < 1.29 is 18.0 Å². The maximum Gasteiger partial charge on any atom is 0.289 e. The van der Waals surface area contributed by atoms with Crippen LogP contribution in [0.5, 0.6) is 0 Å². The first-order valence-electron chi connectivity index (χ1n) is 8.13. The van der Waals surface area contributed by atoms with Crippen molar-refractivity contribution >= 4 is 5.91 Å². The highest BCUT2D eigenvalue weighted by molar-refractivity contribution is 5.91. The fourth-order valence-corrected chi connectivity index (χ4v) is 3.06. The topological polar surface area (TPSA) is 72.4 Å². The van der Waals surface area contributed by atoms with Crippen molar-refractivity contribution in [3.05, 3.63) is 60.1 Å². The van der Waals surface area contributed by atoms with E-state index in [0.717, 1.165) is 12.8 Å². The number of carbonyl (C=O) groups is 1. The van der Waals surface area contributed by atoms with E-state index in [1.165, 1.54) is 12.3 Å². The second-order valence-corrected chi connectivity index (χ2v) is 5.99. The lowest BCUT2D eigenvalue weighted by atomic mass is 9.98. The molecular weight excluding hydrogens is 325 g/mol. The molecule has 1 aliphatic rings. The van der Waals surface area contributed by atoms with Gasteiger partial charge >= 0.3 is 0 Å². The van der Waals surface area contributed by atoms with Crippen molar-refractivity contribution in [3.8, 4) is 11.5 Å². The van der Waals surface area contributed by atoms with E-state index in [9.17, 15) is 9.18 Å². The van der Waals surface area contributed by atoms with Crippen LogP contribution >= 0.6 is 0 Å². The average molecular weight is 341 g/mol. The molecule has 1 amide bonds. The van der Waals surface area contributed by atoms with Crippen molar-refractivity contribution in [1.29, 1.82) is 0 Å². The molecule has 0 N–H and O–H groups in total. The standard InChI is InChI=1S/C18H16FN3O3/c19-14-7-2-1-6-13(14)17-21-20-16(25-17)12-5-3-9-22(11-12)18(23)15-8-4-10-24-15/h1-2,4,6-8,10,12H,3,5,9,11H2/t12-/m0/s1. The van der Waals surface area contributed by atoms with E-state index in [1.807, 2.05) is 0 Å². The van der Waals surface area contributed by atoms with E-state index in [1.54, 1.807) is 35.2 Å². The minimum Gasteiger partial charge on any atom is -0.459 e. The van der Waals surface area contributed by atoms with Gasteiger partial charge in [-0.3, -0.25) is 4.79 Å². The Hall–Kier alpha value is -2.96. The first kappa shape index (κ1) is 15.6. The summed E-state index contributed by atoms with van der Waals surface area (Å²) in [6, 6.07) is 9.61. The van der Waals surface area contributed by atoms with Gasteiger partial charge in [0.25, 0.3) is 11.8 Å². The molecule has 1 aromatic carbocycles. The number of likely N-dealkylation sites (tertiary alicyclic amines) is 1. The second kappa shape index (κ2) is 6.51. The van der Waals surface area contributed by atoms with Gasteiger partial charge in [0.05, 0.1) is 17.7 Å². The number of amides is 1. The van der Waals surface area contributed by atoms with Crippen molar-refractivity contribution in [3.63, 3.8) is 0 Å². The zero-order chi connectivity index (χ0) is 17.2. The average Bonchev–Trinajstić information content (AvgIpc) is 3.34. The Kier molecular flexibility index (Phi) is 4.05. The number of rotatable bonds is 3. The van der Waals surface area contributed by atoms with Gasteiger partial charge in [-0.15, -0.1) is 10.2 Å². The summed E-state index contributed by atoms with van der Waals surface area (Å²) in [5.41, 5.74) is 0.278. The number of halogens is 1. The number of hydrogen-bond acceptors (Lipinski definition) is 5. The van der Waals surface area contributed by atoms with Crippen LogP contribution in [0.15, 0.2) is 51.5 Å². The van der Waals surface area contributed by atoms with Gasteiger partial charge in [0.1, 0.15) is 5.82 Å². The summed E-state index contributed by atoms with van der Waals surface area (Å²) >= 11 is 0. The molecular formula is C18H16FN3O3. The lowest BCUT2D eigenvalue weighted by Crippen LogP contribution is -2.39. The zero-order valence-corrected chi connectivity index (χ0v) is 13.4. The molecule has 128 valence electrons. The minimum absolute atomic E-state index is 0.0688. The quantitative estimate of drug-likeness (QED) is 0.729. The molecule has 0 spiro atoms. The van der Waals surface area contributed by atoms with Crippen LogP contribution in [-0.2, 0) is 0 Å². The Bertz CT molecular complexity index is 875. The fourth-order valence-electron chi connectivity index (χ4n) is 3.06. The van der Waals surface area contributed by atoms with Gasteiger partial charge in [-0.1, -0.05) is 12.1 Å². The van der Waals surface area contributed by atoms with Crippen LogP contribution in [-0.4, -0.2) is 34.1 Å². The number of aromatic nitrogens is 2. The Balaban J connectivity index is 1.52. The van der Waals surface area contributed by atoms with Crippen LogP contribution in [0.1, 0.15) is 35.2 Å². The minimum atomic E-state index is -0.407. The molecule has 0 aliphatic carbocycles. The molecule has 1 atom stereocenters. The number of hydrogen-bond donors (Lipinski definition) is 0. The molecule has 2 aromatic heterocycles. The van der Waals surface area contributed by atoms with Crippen LogP contribution in [0, 0.1) is 5.82 Å². The predicted octanol–water partition coefficient (Wildman–Crippen LogP) is 3.49. The molecule has 0 radical (unpaired) electrons. The van der Waals surface area contributed by atoms with Crippen LogP contribution in [0.4, 0.5) is 4.39 Å². The van der Waals surface area contributed by atoms with Crippen molar-refractivity contribution in [2.45, 2.75) is 18.8 Å². The third-order valence-corrected chi connectivity index (χ3v) is 4.33. The Labute approximate surface area is 143 Å². The van der Waals surface area contributed by atoms with E-state index in [0.29, 0.717) is 24.7 Å². The van der Waals surface area contributed by atoms with Gasteiger partial charge < -0.3 is 13.7 Å². The van der Waals surface area contributed by atoms with Crippen molar-refractivity contribution in [2.24, 2.45) is 0 Å². The molecule has 0 bridgehead atoms. The van der Waals surface area contributed by atoms with Crippen LogP contribution < -0.4 is 0 Å². The first-order chi connectivity index (χ1) is 12.2.